The number of hydrogen-bond acceptors (Lipinski definition) is 2. The topological polar surface area (TPSA) is 57.6 Å². The van der Waals surface area contributed by atoms with Crippen LogP contribution in [0.2, 0.25) is 0 Å². The smallest absolute Gasteiger partial charge is 0.306 e. The van der Waals surface area contributed by atoms with E-state index in [4.69, 9.17) is 5.11 Å². The fourth-order valence-electron chi connectivity index (χ4n) is 3.76. The van der Waals surface area contributed by atoms with Crippen LogP contribution < -0.4 is 0 Å². The van der Waals surface area contributed by atoms with Crippen LogP contribution in [0.1, 0.15) is 43.7 Å². The fourth-order valence-corrected chi connectivity index (χ4v) is 4.17. The van der Waals surface area contributed by atoms with Crippen molar-refractivity contribution in [3.05, 3.63) is 34.3 Å². The van der Waals surface area contributed by atoms with Gasteiger partial charge in [0.15, 0.2) is 0 Å². The highest BCUT2D eigenvalue weighted by atomic mass is 79.9. The summed E-state index contributed by atoms with van der Waals surface area (Å²) in [5, 5.41) is 9.11. The van der Waals surface area contributed by atoms with E-state index in [0.29, 0.717) is 19.3 Å². The molecule has 1 unspecified atom stereocenters. The Balaban J connectivity index is 1.73. The minimum absolute atomic E-state index is 0.117. The highest BCUT2D eigenvalue weighted by Crippen LogP contribution is 2.38. The first-order valence-electron chi connectivity index (χ1n) is 7.85. The predicted octanol–water partition coefficient (Wildman–Crippen LogP) is 3.61. The third-order valence-corrected chi connectivity index (χ3v) is 5.39. The molecule has 1 aromatic rings. The lowest BCUT2D eigenvalue weighted by atomic mass is 10.0. The molecule has 22 heavy (non-hydrogen) atoms. The number of carbonyl (C=O) groups excluding carboxylic acids is 1. The van der Waals surface area contributed by atoms with Crippen LogP contribution >= 0.6 is 15.9 Å². The van der Waals surface area contributed by atoms with E-state index in [1.807, 2.05) is 17.0 Å². The molecule has 1 heterocycles. The van der Waals surface area contributed by atoms with E-state index in [1.54, 1.807) is 0 Å². The Labute approximate surface area is 138 Å². The van der Waals surface area contributed by atoms with Crippen LogP contribution in [-0.4, -0.2) is 28.4 Å². The third-order valence-electron chi connectivity index (χ3n) is 4.90. The number of halogens is 1. The molecule has 3 rings (SSSR count). The van der Waals surface area contributed by atoms with Crippen LogP contribution in [-0.2, 0) is 9.59 Å². The lowest BCUT2D eigenvalue weighted by molar-refractivity contribution is -0.141. The molecule has 1 aliphatic heterocycles. The van der Waals surface area contributed by atoms with Crippen molar-refractivity contribution < 1.29 is 14.7 Å². The summed E-state index contributed by atoms with van der Waals surface area (Å²) < 4.78 is 1.02. The van der Waals surface area contributed by atoms with E-state index < -0.39 is 5.97 Å². The molecule has 1 saturated heterocycles. The standard InChI is InChI=1S/C17H20BrNO3/c18-14-4-1-3-11(10-14)15-5-2-8-19(15)16(20)12-6-7-13(9-12)17(21)22/h1,3-4,10,12-13,15H,2,5-9H2,(H,21,22)/t12-,13+,15?/m0/s1. The predicted molar refractivity (Wildman–Crippen MR) is 86.3 cm³/mol. The second-order valence-electron chi connectivity index (χ2n) is 6.29. The summed E-state index contributed by atoms with van der Waals surface area (Å²) in [4.78, 5) is 25.9. The molecule has 5 heteroatoms. The number of likely N-dealkylation sites (tertiary alicyclic amines) is 1. The number of carboxylic acid groups (broad SMARTS) is 1. The SMILES string of the molecule is O=C(O)[C@@H]1CC[C@H](C(=O)N2CCCC2c2cccc(Br)c2)C1. The summed E-state index contributed by atoms with van der Waals surface area (Å²) in [5.41, 5.74) is 1.16. The second-order valence-corrected chi connectivity index (χ2v) is 7.21. The van der Waals surface area contributed by atoms with Crippen molar-refractivity contribution in [1.29, 1.82) is 0 Å². The number of amides is 1. The molecule has 2 aliphatic rings. The molecule has 0 bridgehead atoms. The molecule has 4 nitrogen and oxygen atoms in total. The van der Waals surface area contributed by atoms with Gasteiger partial charge < -0.3 is 10.0 Å². The van der Waals surface area contributed by atoms with Gasteiger partial charge in [-0.1, -0.05) is 28.1 Å². The summed E-state index contributed by atoms with van der Waals surface area (Å²) in [6, 6.07) is 8.25. The zero-order valence-electron chi connectivity index (χ0n) is 12.4. The van der Waals surface area contributed by atoms with Gasteiger partial charge in [0.2, 0.25) is 5.91 Å². The van der Waals surface area contributed by atoms with Gasteiger partial charge in [-0.15, -0.1) is 0 Å². The Morgan fingerprint density at radius 2 is 1.95 bits per heavy atom. The zero-order valence-corrected chi connectivity index (χ0v) is 14.0. The second kappa shape index (κ2) is 6.41. The number of hydrogen-bond donors (Lipinski definition) is 1. The minimum atomic E-state index is -0.764. The van der Waals surface area contributed by atoms with Crippen LogP contribution in [0.3, 0.4) is 0 Å². The van der Waals surface area contributed by atoms with Crippen LogP contribution in [0.4, 0.5) is 0 Å². The molecule has 1 N–H and O–H groups in total. The summed E-state index contributed by atoms with van der Waals surface area (Å²) in [7, 11) is 0. The van der Waals surface area contributed by atoms with Crippen molar-refractivity contribution in [1.82, 2.24) is 4.90 Å². The van der Waals surface area contributed by atoms with Gasteiger partial charge >= 0.3 is 5.97 Å². The fraction of sp³-hybridized carbons (Fsp3) is 0.529. The van der Waals surface area contributed by atoms with Crippen molar-refractivity contribution >= 4 is 27.8 Å². The number of rotatable bonds is 3. The Morgan fingerprint density at radius 3 is 2.64 bits per heavy atom. The molecule has 0 radical (unpaired) electrons. The van der Waals surface area contributed by atoms with Crippen LogP contribution in [0.25, 0.3) is 0 Å². The minimum Gasteiger partial charge on any atom is -0.481 e. The molecular weight excluding hydrogens is 346 g/mol. The molecule has 1 aromatic carbocycles. The molecular formula is C17H20BrNO3. The van der Waals surface area contributed by atoms with Crippen molar-refractivity contribution in [2.45, 2.75) is 38.1 Å². The lowest BCUT2D eigenvalue weighted by Crippen LogP contribution is -2.35. The molecule has 118 valence electrons. The number of carboxylic acids is 1. The first-order chi connectivity index (χ1) is 10.6. The van der Waals surface area contributed by atoms with E-state index in [9.17, 15) is 9.59 Å². The van der Waals surface area contributed by atoms with Gasteiger partial charge in [0.05, 0.1) is 12.0 Å². The van der Waals surface area contributed by atoms with Gasteiger partial charge in [-0.3, -0.25) is 9.59 Å². The number of carbonyl (C=O) groups is 2. The number of aliphatic carboxylic acids is 1. The average molecular weight is 366 g/mol. The lowest BCUT2D eigenvalue weighted by Gasteiger charge is -2.28. The van der Waals surface area contributed by atoms with Crippen LogP contribution in [0.15, 0.2) is 28.7 Å². The summed E-state index contributed by atoms with van der Waals surface area (Å²) in [5.74, 6) is -1.08. The van der Waals surface area contributed by atoms with Gasteiger partial charge in [-0.2, -0.15) is 0 Å². The highest BCUT2D eigenvalue weighted by Gasteiger charge is 2.39. The van der Waals surface area contributed by atoms with E-state index in [-0.39, 0.29) is 23.8 Å². The maximum absolute atomic E-state index is 12.8. The van der Waals surface area contributed by atoms with Crippen molar-refractivity contribution in [3.63, 3.8) is 0 Å². The van der Waals surface area contributed by atoms with Crippen LogP contribution in [0.5, 0.6) is 0 Å². The Bertz CT molecular complexity index is 589. The van der Waals surface area contributed by atoms with Gasteiger partial charge in [-0.05, 0) is 49.8 Å². The van der Waals surface area contributed by atoms with Gasteiger partial charge in [0.1, 0.15) is 0 Å². The third kappa shape index (κ3) is 3.05. The molecule has 3 atom stereocenters. The zero-order chi connectivity index (χ0) is 15.7. The number of nitrogens with zero attached hydrogens (tertiary/aromatic N) is 1. The summed E-state index contributed by atoms with van der Waals surface area (Å²) in [6.07, 6.45) is 3.82. The first-order valence-corrected chi connectivity index (χ1v) is 8.64. The molecule has 2 fully saturated rings. The molecule has 0 spiro atoms. The van der Waals surface area contributed by atoms with E-state index in [0.717, 1.165) is 29.4 Å². The molecule has 1 aliphatic carbocycles. The van der Waals surface area contributed by atoms with Crippen molar-refractivity contribution in [2.75, 3.05) is 6.54 Å². The Morgan fingerprint density at radius 1 is 1.18 bits per heavy atom. The quantitative estimate of drug-likeness (QED) is 0.889. The Hall–Kier alpha value is -1.36. The van der Waals surface area contributed by atoms with E-state index in [1.165, 1.54) is 0 Å². The highest BCUT2D eigenvalue weighted by molar-refractivity contribution is 9.10. The van der Waals surface area contributed by atoms with Gasteiger partial charge in [0, 0.05) is 16.9 Å². The maximum atomic E-state index is 12.8. The van der Waals surface area contributed by atoms with Gasteiger partial charge in [0.25, 0.3) is 0 Å². The first kappa shape index (κ1) is 15.5. The van der Waals surface area contributed by atoms with Gasteiger partial charge in [-0.25, -0.2) is 0 Å². The van der Waals surface area contributed by atoms with Crippen molar-refractivity contribution in [3.8, 4) is 0 Å². The Kier molecular flexibility index (Phi) is 4.52. The number of benzene rings is 1. The monoisotopic (exact) mass is 365 g/mol. The largest absolute Gasteiger partial charge is 0.481 e. The summed E-state index contributed by atoms with van der Waals surface area (Å²) >= 11 is 3.49. The molecule has 1 saturated carbocycles. The van der Waals surface area contributed by atoms with E-state index >= 15 is 0 Å². The summed E-state index contributed by atoms with van der Waals surface area (Å²) in [6.45, 7) is 0.782. The maximum Gasteiger partial charge on any atom is 0.306 e. The average Bonchev–Trinajstić information content (AvgIpc) is 3.16. The van der Waals surface area contributed by atoms with Crippen molar-refractivity contribution in [2.24, 2.45) is 11.8 Å². The molecule has 0 aromatic heterocycles. The normalized spacial score (nSPS) is 28.0. The van der Waals surface area contributed by atoms with Crippen LogP contribution in [0, 0.1) is 11.8 Å². The van der Waals surface area contributed by atoms with E-state index in [2.05, 4.69) is 28.1 Å². The molecule has 1 amide bonds.